The minimum atomic E-state index is -3.48. The molecule has 3 heterocycles. The van der Waals surface area contributed by atoms with Crippen LogP contribution < -0.4 is 14.4 Å². The second kappa shape index (κ2) is 8.58. The topological polar surface area (TPSA) is 84.9 Å². The molecule has 3 aromatic rings. The second-order valence-electron chi connectivity index (χ2n) is 8.56. The molecule has 0 unspecified atom stereocenters. The third kappa shape index (κ3) is 4.18. The molecular weight excluding hydrogens is 460 g/mol. The lowest BCUT2D eigenvalue weighted by molar-refractivity contribution is 0.115. The van der Waals surface area contributed by atoms with Crippen LogP contribution in [0.15, 0.2) is 53.4 Å². The van der Waals surface area contributed by atoms with Gasteiger partial charge in [0.2, 0.25) is 15.2 Å². The first kappa shape index (κ1) is 22.1. The number of nitrogens with zero attached hydrogens (tertiary/aromatic N) is 4. The van der Waals surface area contributed by atoms with Gasteiger partial charge in [-0.3, -0.25) is 0 Å². The molecule has 0 aliphatic carbocycles. The third-order valence-corrected chi connectivity index (χ3v) is 9.26. The van der Waals surface area contributed by atoms with Crippen molar-refractivity contribution in [3.05, 3.63) is 48.5 Å². The van der Waals surface area contributed by atoms with Crippen LogP contribution in [0.5, 0.6) is 11.5 Å². The average molecular weight is 487 g/mol. The molecule has 0 radical (unpaired) electrons. The predicted molar refractivity (Wildman–Crippen MR) is 128 cm³/mol. The fourth-order valence-corrected chi connectivity index (χ4v) is 6.64. The Morgan fingerprint density at radius 1 is 0.909 bits per heavy atom. The highest BCUT2D eigenvalue weighted by atomic mass is 32.2. The maximum absolute atomic E-state index is 13.0. The summed E-state index contributed by atoms with van der Waals surface area (Å²) in [6.07, 6.45) is 1.70. The van der Waals surface area contributed by atoms with Gasteiger partial charge in [-0.15, -0.1) is 0 Å². The van der Waals surface area contributed by atoms with Crippen molar-refractivity contribution in [3.63, 3.8) is 0 Å². The van der Waals surface area contributed by atoms with Gasteiger partial charge in [0, 0.05) is 48.7 Å². The van der Waals surface area contributed by atoms with Crippen LogP contribution in [-0.4, -0.2) is 62.5 Å². The first-order valence-electron chi connectivity index (χ1n) is 10.8. The van der Waals surface area contributed by atoms with E-state index >= 15 is 0 Å². The minimum Gasteiger partial charge on any atom is -0.497 e. The molecule has 0 N–H and O–H groups in total. The van der Waals surface area contributed by atoms with Crippen LogP contribution in [0.2, 0.25) is 0 Å². The average Bonchev–Trinajstić information content (AvgIpc) is 3.32. The number of benzene rings is 2. The van der Waals surface area contributed by atoms with E-state index in [2.05, 4.69) is 9.27 Å². The highest BCUT2D eigenvalue weighted by molar-refractivity contribution is 7.89. The van der Waals surface area contributed by atoms with Crippen molar-refractivity contribution in [3.8, 4) is 22.9 Å². The number of anilines is 1. The monoisotopic (exact) mass is 486 g/mol. The number of hydrogen-bond acceptors (Lipinski definition) is 8. The summed E-state index contributed by atoms with van der Waals surface area (Å²) in [4.78, 5) is 7.28. The normalized spacial score (nSPS) is 18.2. The molecule has 2 saturated heterocycles. The van der Waals surface area contributed by atoms with E-state index in [-0.39, 0.29) is 5.41 Å². The summed E-state index contributed by atoms with van der Waals surface area (Å²) < 4.78 is 42.5. The standard InChI is InChI=1S/C23H26N4O4S2/c1-30-18-5-3-17(4-6-18)21-24-22(32-25-21)26-15-23(16-26)11-13-27(14-12-23)33(28,29)20-9-7-19(31-2)8-10-20/h3-10H,11-16H2,1-2H3. The van der Waals surface area contributed by atoms with Gasteiger partial charge < -0.3 is 14.4 Å². The number of sulfonamides is 1. The largest absolute Gasteiger partial charge is 0.497 e. The van der Waals surface area contributed by atoms with Crippen molar-refractivity contribution in [1.29, 1.82) is 0 Å². The summed E-state index contributed by atoms with van der Waals surface area (Å²) in [5.41, 5.74) is 1.11. The SMILES string of the molecule is COc1ccc(-c2nsc(N3CC4(CCN(S(=O)(=O)c5ccc(OC)cc5)CC4)C3)n2)cc1. The summed E-state index contributed by atoms with van der Waals surface area (Å²) in [5.74, 6) is 2.17. The smallest absolute Gasteiger partial charge is 0.243 e. The maximum Gasteiger partial charge on any atom is 0.243 e. The zero-order chi connectivity index (χ0) is 23.1. The first-order chi connectivity index (χ1) is 15.9. The molecule has 174 valence electrons. The molecule has 2 aromatic carbocycles. The fraction of sp³-hybridized carbons (Fsp3) is 0.391. The molecule has 1 spiro atoms. The number of piperidine rings is 1. The van der Waals surface area contributed by atoms with Gasteiger partial charge in [-0.25, -0.2) is 8.42 Å². The molecule has 5 rings (SSSR count). The van der Waals surface area contributed by atoms with E-state index in [0.29, 0.717) is 23.7 Å². The van der Waals surface area contributed by atoms with Gasteiger partial charge in [0.25, 0.3) is 0 Å². The van der Waals surface area contributed by atoms with E-state index in [1.165, 1.54) is 11.5 Å². The lowest BCUT2D eigenvalue weighted by Crippen LogP contribution is -2.61. The number of aromatic nitrogens is 2. The van der Waals surface area contributed by atoms with Gasteiger partial charge in [-0.2, -0.15) is 13.7 Å². The van der Waals surface area contributed by atoms with Crippen LogP contribution in [0.4, 0.5) is 5.13 Å². The van der Waals surface area contributed by atoms with E-state index in [9.17, 15) is 8.42 Å². The van der Waals surface area contributed by atoms with Crippen LogP contribution in [0.1, 0.15) is 12.8 Å². The number of rotatable bonds is 6. The Hall–Kier alpha value is -2.69. The number of methoxy groups -OCH3 is 2. The van der Waals surface area contributed by atoms with Gasteiger partial charge >= 0.3 is 0 Å². The molecule has 2 aliphatic heterocycles. The van der Waals surface area contributed by atoms with Crippen molar-refractivity contribution in [2.24, 2.45) is 5.41 Å². The Labute approximate surface area is 198 Å². The van der Waals surface area contributed by atoms with E-state index in [1.54, 1.807) is 42.8 Å². The van der Waals surface area contributed by atoms with Crippen LogP contribution >= 0.6 is 11.5 Å². The quantitative estimate of drug-likeness (QED) is 0.527. The molecule has 2 aliphatic rings. The van der Waals surface area contributed by atoms with E-state index in [0.717, 1.165) is 48.2 Å². The predicted octanol–water partition coefficient (Wildman–Crippen LogP) is 3.51. The van der Waals surface area contributed by atoms with Crippen molar-refractivity contribution in [2.75, 3.05) is 45.3 Å². The lowest BCUT2D eigenvalue weighted by atomic mass is 9.73. The number of hydrogen-bond donors (Lipinski definition) is 0. The Kier molecular flexibility index (Phi) is 5.75. The molecule has 8 nitrogen and oxygen atoms in total. The fourth-order valence-electron chi connectivity index (χ4n) is 4.51. The van der Waals surface area contributed by atoms with E-state index in [1.807, 2.05) is 24.3 Å². The van der Waals surface area contributed by atoms with Gasteiger partial charge in [-0.1, -0.05) is 0 Å². The summed E-state index contributed by atoms with van der Waals surface area (Å²) in [5, 5.41) is 0.916. The van der Waals surface area contributed by atoms with Crippen LogP contribution in [-0.2, 0) is 10.0 Å². The van der Waals surface area contributed by atoms with Crippen molar-refractivity contribution < 1.29 is 17.9 Å². The van der Waals surface area contributed by atoms with E-state index < -0.39 is 10.0 Å². The highest BCUT2D eigenvalue weighted by Crippen LogP contribution is 2.44. The third-order valence-electron chi connectivity index (χ3n) is 6.57. The van der Waals surface area contributed by atoms with Crippen molar-refractivity contribution >= 4 is 26.7 Å². The van der Waals surface area contributed by atoms with Crippen LogP contribution in [0.25, 0.3) is 11.4 Å². The molecule has 0 amide bonds. The maximum atomic E-state index is 13.0. The molecule has 1 aromatic heterocycles. The summed E-state index contributed by atoms with van der Waals surface area (Å²) >= 11 is 1.41. The Morgan fingerprint density at radius 2 is 1.48 bits per heavy atom. The van der Waals surface area contributed by atoms with Gasteiger partial charge in [0.15, 0.2) is 5.82 Å². The molecule has 0 bridgehead atoms. The molecular formula is C23H26N4O4S2. The summed E-state index contributed by atoms with van der Waals surface area (Å²) in [6, 6.07) is 14.3. The Bertz CT molecular complexity index is 1210. The Balaban J connectivity index is 1.19. The molecule has 0 saturated carbocycles. The van der Waals surface area contributed by atoms with Gasteiger partial charge in [-0.05, 0) is 61.4 Å². The second-order valence-corrected chi connectivity index (χ2v) is 11.2. The van der Waals surface area contributed by atoms with Crippen LogP contribution in [0, 0.1) is 5.41 Å². The zero-order valence-corrected chi connectivity index (χ0v) is 20.2. The zero-order valence-electron chi connectivity index (χ0n) is 18.6. The van der Waals surface area contributed by atoms with E-state index in [4.69, 9.17) is 14.5 Å². The first-order valence-corrected chi connectivity index (χ1v) is 13.0. The number of ether oxygens (including phenoxy) is 2. The van der Waals surface area contributed by atoms with Gasteiger partial charge in [0.05, 0.1) is 19.1 Å². The van der Waals surface area contributed by atoms with Crippen LogP contribution in [0.3, 0.4) is 0 Å². The van der Waals surface area contributed by atoms with Crippen molar-refractivity contribution in [2.45, 2.75) is 17.7 Å². The van der Waals surface area contributed by atoms with Crippen molar-refractivity contribution in [1.82, 2.24) is 13.7 Å². The molecule has 2 fully saturated rings. The molecule has 10 heteroatoms. The van der Waals surface area contributed by atoms with Gasteiger partial charge in [0.1, 0.15) is 11.5 Å². The lowest BCUT2D eigenvalue weighted by Gasteiger charge is -2.53. The Morgan fingerprint density at radius 3 is 2.06 bits per heavy atom. The molecule has 33 heavy (non-hydrogen) atoms. The molecule has 0 atom stereocenters. The summed E-state index contributed by atoms with van der Waals surface area (Å²) in [7, 11) is -0.272. The highest BCUT2D eigenvalue weighted by Gasteiger charge is 2.47. The summed E-state index contributed by atoms with van der Waals surface area (Å²) in [6.45, 7) is 2.85. The minimum absolute atomic E-state index is 0.151.